The number of rotatable bonds is 3. The molecule has 3 aliphatic heterocycles. The highest BCUT2D eigenvalue weighted by Gasteiger charge is 2.69. The molecule has 4 saturated carbocycles. The summed E-state index contributed by atoms with van der Waals surface area (Å²) in [6.45, 7) is 13.9. The maximum Gasteiger partial charge on any atom is 0.232 e. The Hall–Kier alpha value is -1.18. The molecule has 0 aromatic carbocycles. The van der Waals surface area contributed by atoms with E-state index >= 15 is 0 Å². The first-order chi connectivity index (χ1) is 19.6. The van der Waals surface area contributed by atoms with Crippen LogP contribution in [-0.2, 0) is 19.1 Å². The van der Waals surface area contributed by atoms with Crippen LogP contribution in [0.4, 0.5) is 0 Å². The third-order valence-electron chi connectivity index (χ3n) is 14.1. The Morgan fingerprint density at radius 3 is 2.46 bits per heavy atom. The Balaban J connectivity index is 0.984. The Labute approximate surface area is 247 Å². The monoisotopic (exact) mass is 569 g/mol. The first-order valence-electron chi connectivity index (χ1n) is 17.2. The molecule has 0 radical (unpaired) electrons. The van der Waals surface area contributed by atoms with E-state index in [2.05, 4.69) is 38.3 Å². The molecule has 1 spiro atoms. The number of nitrogens with one attached hydrogen (secondary N) is 2. The summed E-state index contributed by atoms with van der Waals surface area (Å²) in [5, 5.41) is 6.56. The Morgan fingerprint density at radius 2 is 1.71 bits per heavy atom. The fourth-order valence-corrected chi connectivity index (χ4v) is 11.8. The van der Waals surface area contributed by atoms with E-state index in [9.17, 15) is 9.59 Å². The molecular formula is C34H55N3O4. The molecule has 3 saturated heterocycles. The fourth-order valence-electron chi connectivity index (χ4n) is 11.8. The molecule has 2 N–H and O–H groups in total. The zero-order valence-corrected chi connectivity index (χ0v) is 26.1. The number of nitrogens with zero attached hydrogens (tertiary/aromatic N) is 1. The average Bonchev–Trinajstić information content (AvgIpc) is 3.40. The highest BCUT2D eigenvalue weighted by Crippen LogP contribution is 2.71. The minimum absolute atomic E-state index is 0.00241. The van der Waals surface area contributed by atoms with Gasteiger partial charge in [-0.3, -0.25) is 9.59 Å². The molecule has 7 aliphatic rings. The van der Waals surface area contributed by atoms with Crippen molar-refractivity contribution in [1.29, 1.82) is 0 Å². The lowest BCUT2D eigenvalue weighted by Crippen LogP contribution is -2.56. The second-order valence-corrected chi connectivity index (χ2v) is 16.0. The van der Waals surface area contributed by atoms with Crippen LogP contribution in [0.2, 0.25) is 0 Å². The maximum atomic E-state index is 12.8. The maximum absolute atomic E-state index is 12.8. The summed E-state index contributed by atoms with van der Waals surface area (Å²) in [5.74, 6) is 4.37. The predicted molar refractivity (Wildman–Crippen MR) is 158 cm³/mol. The number of ether oxygens (including phenoxy) is 2. The second-order valence-electron chi connectivity index (χ2n) is 16.0. The SMILES string of the molecule is C[C@@H]1CC[C@@]2(OC1)O[C@H]1C[C@H]3[C@@H]4CC[C@H]5CC(NC(=O)CC(=O)N6CCNCC6)CC[C@]5(C)[C@H]4CC[C@]3(C)[C@H]1[C@@H]2C. The summed E-state index contributed by atoms with van der Waals surface area (Å²) in [6, 6.07) is 0.219. The van der Waals surface area contributed by atoms with Crippen molar-refractivity contribution in [1.82, 2.24) is 15.5 Å². The summed E-state index contributed by atoms with van der Waals surface area (Å²) in [7, 11) is 0. The first kappa shape index (κ1) is 28.6. The van der Waals surface area contributed by atoms with E-state index in [4.69, 9.17) is 9.47 Å². The van der Waals surface area contributed by atoms with Crippen LogP contribution in [0.3, 0.4) is 0 Å². The average molecular weight is 570 g/mol. The van der Waals surface area contributed by atoms with E-state index in [1.165, 1.54) is 44.9 Å². The van der Waals surface area contributed by atoms with Gasteiger partial charge in [-0.2, -0.15) is 0 Å². The third-order valence-corrected chi connectivity index (χ3v) is 14.1. The number of carbonyl (C=O) groups is 2. The van der Waals surface area contributed by atoms with Crippen molar-refractivity contribution >= 4 is 11.8 Å². The molecule has 3 heterocycles. The van der Waals surface area contributed by atoms with Gasteiger partial charge in [0.2, 0.25) is 11.8 Å². The number of carbonyl (C=O) groups excluding carboxylic acids is 2. The van der Waals surface area contributed by atoms with Crippen molar-refractivity contribution in [2.24, 2.45) is 52.3 Å². The quantitative estimate of drug-likeness (QED) is 0.480. The molecule has 7 rings (SSSR count). The van der Waals surface area contributed by atoms with Crippen molar-refractivity contribution in [3.63, 3.8) is 0 Å². The standard InChI is InChI=1S/C34H55N3O4/c1-21-7-12-34(40-20-21)22(2)31-28(41-34)18-27-25-6-5-23-17-24(8-10-32(23,3)26(25)9-11-33(27,31)4)36-29(38)19-30(39)37-15-13-35-14-16-37/h21-28,31,35H,5-20H2,1-4H3,(H,36,38)/t21-,22+,23+,24?,25-,26+,27+,28+,31+,32+,33+,34-/m1/s1. The van der Waals surface area contributed by atoms with Gasteiger partial charge in [-0.15, -0.1) is 0 Å². The van der Waals surface area contributed by atoms with Crippen molar-refractivity contribution in [3.8, 4) is 0 Å². The van der Waals surface area contributed by atoms with E-state index in [-0.39, 0.29) is 30.1 Å². The molecule has 4 aliphatic carbocycles. The number of amides is 2. The summed E-state index contributed by atoms with van der Waals surface area (Å²) >= 11 is 0. The van der Waals surface area contributed by atoms with Gasteiger partial charge in [0.1, 0.15) is 6.42 Å². The van der Waals surface area contributed by atoms with E-state index in [0.717, 1.165) is 56.7 Å². The molecule has 41 heavy (non-hydrogen) atoms. The smallest absolute Gasteiger partial charge is 0.232 e. The molecule has 7 heteroatoms. The molecule has 1 unspecified atom stereocenters. The van der Waals surface area contributed by atoms with Crippen molar-refractivity contribution in [2.75, 3.05) is 32.8 Å². The number of fused-ring (bicyclic) bond motifs is 7. The molecule has 12 atom stereocenters. The summed E-state index contributed by atoms with van der Waals surface area (Å²) in [5.41, 5.74) is 0.739. The van der Waals surface area contributed by atoms with Gasteiger partial charge in [-0.1, -0.05) is 27.7 Å². The van der Waals surface area contributed by atoms with Crippen LogP contribution in [0, 0.1) is 52.3 Å². The fraction of sp³-hybridized carbons (Fsp3) is 0.941. The summed E-state index contributed by atoms with van der Waals surface area (Å²) < 4.78 is 13.5. The lowest BCUT2D eigenvalue weighted by atomic mass is 9.44. The molecule has 0 bridgehead atoms. The molecule has 2 amide bonds. The van der Waals surface area contributed by atoms with Gasteiger partial charge < -0.3 is 25.0 Å². The molecule has 0 aromatic rings. The topological polar surface area (TPSA) is 79.9 Å². The van der Waals surface area contributed by atoms with Crippen LogP contribution in [0.15, 0.2) is 0 Å². The van der Waals surface area contributed by atoms with Crippen molar-refractivity contribution in [3.05, 3.63) is 0 Å². The van der Waals surface area contributed by atoms with Gasteiger partial charge >= 0.3 is 0 Å². The van der Waals surface area contributed by atoms with E-state index in [1.807, 2.05) is 4.90 Å². The number of hydrogen-bond donors (Lipinski definition) is 2. The largest absolute Gasteiger partial charge is 0.353 e. The van der Waals surface area contributed by atoms with Gasteiger partial charge in [0, 0.05) is 44.6 Å². The van der Waals surface area contributed by atoms with Crippen LogP contribution in [0.5, 0.6) is 0 Å². The molecule has 0 aromatic heterocycles. The lowest BCUT2D eigenvalue weighted by molar-refractivity contribution is -0.273. The van der Waals surface area contributed by atoms with Gasteiger partial charge in [0.15, 0.2) is 5.79 Å². The highest BCUT2D eigenvalue weighted by atomic mass is 16.7. The third kappa shape index (κ3) is 4.61. The number of piperazine rings is 1. The van der Waals surface area contributed by atoms with Gasteiger partial charge in [0.05, 0.1) is 12.7 Å². The predicted octanol–water partition coefficient (Wildman–Crippen LogP) is 4.74. The molecular weight excluding hydrogens is 514 g/mol. The highest BCUT2D eigenvalue weighted by molar-refractivity contribution is 5.97. The summed E-state index contributed by atoms with van der Waals surface area (Å²) in [6.07, 6.45) is 12.5. The lowest BCUT2D eigenvalue weighted by Gasteiger charge is -2.61. The minimum Gasteiger partial charge on any atom is -0.353 e. The molecule has 7 nitrogen and oxygen atoms in total. The minimum atomic E-state index is -0.325. The zero-order valence-electron chi connectivity index (χ0n) is 26.1. The molecule has 230 valence electrons. The summed E-state index contributed by atoms with van der Waals surface area (Å²) in [4.78, 5) is 27.3. The first-order valence-corrected chi connectivity index (χ1v) is 17.2. The van der Waals surface area contributed by atoms with Crippen LogP contribution in [0.25, 0.3) is 0 Å². The van der Waals surface area contributed by atoms with Crippen LogP contribution in [0.1, 0.15) is 98.3 Å². The van der Waals surface area contributed by atoms with Gasteiger partial charge in [0.25, 0.3) is 0 Å². The van der Waals surface area contributed by atoms with Crippen molar-refractivity contribution < 1.29 is 19.1 Å². The molecule has 7 fully saturated rings. The Kier molecular flexibility index (Phi) is 7.30. The normalized spacial score (nSPS) is 50.9. The Morgan fingerprint density at radius 1 is 0.927 bits per heavy atom. The van der Waals surface area contributed by atoms with Crippen LogP contribution >= 0.6 is 0 Å². The second kappa shape index (κ2) is 10.5. The number of hydrogen-bond acceptors (Lipinski definition) is 5. The van der Waals surface area contributed by atoms with E-state index in [0.29, 0.717) is 53.7 Å². The van der Waals surface area contributed by atoms with E-state index < -0.39 is 0 Å². The van der Waals surface area contributed by atoms with Crippen LogP contribution in [-0.4, -0.2) is 67.4 Å². The van der Waals surface area contributed by atoms with Gasteiger partial charge in [-0.05, 0) is 104 Å². The van der Waals surface area contributed by atoms with Crippen LogP contribution < -0.4 is 10.6 Å². The van der Waals surface area contributed by atoms with E-state index in [1.54, 1.807) is 0 Å². The Bertz CT molecular complexity index is 1020. The van der Waals surface area contributed by atoms with Crippen molar-refractivity contribution in [2.45, 2.75) is 116 Å². The zero-order chi connectivity index (χ0) is 28.6. The van der Waals surface area contributed by atoms with Gasteiger partial charge in [-0.25, -0.2) is 0 Å².